The third-order valence-electron chi connectivity index (χ3n) is 2.89. The molecule has 0 amide bonds. The van der Waals surface area contributed by atoms with Gasteiger partial charge in [0.25, 0.3) is 0 Å². The van der Waals surface area contributed by atoms with E-state index < -0.39 is 0 Å². The van der Waals surface area contributed by atoms with Crippen molar-refractivity contribution < 1.29 is 14.3 Å². The number of benzene rings is 2. The fourth-order valence-corrected chi connectivity index (χ4v) is 3.16. The molecule has 3 nitrogen and oxygen atoms in total. The van der Waals surface area contributed by atoms with Crippen molar-refractivity contribution in [3.05, 3.63) is 54.4 Å². The maximum atomic E-state index is 11.0. The minimum absolute atomic E-state index is 0.234. The molecular formula is C15H10Br2Cl2O3. The van der Waals surface area contributed by atoms with E-state index in [1.54, 1.807) is 24.3 Å². The molecule has 116 valence electrons. The molecule has 22 heavy (non-hydrogen) atoms. The first-order chi connectivity index (χ1) is 10.5. The molecule has 0 aliphatic rings. The molecule has 0 aliphatic heterocycles. The summed E-state index contributed by atoms with van der Waals surface area (Å²) >= 11 is 18.7. The molecule has 0 fully saturated rings. The highest BCUT2D eigenvalue weighted by atomic mass is 79.9. The average molecular weight is 469 g/mol. The van der Waals surface area contributed by atoms with E-state index in [2.05, 4.69) is 31.9 Å². The topological polar surface area (TPSA) is 35.5 Å². The zero-order valence-corrected chi connectivity index (χ0v) is 16.0. The Kier molecular flexibility index (Phi) is 6.15. The molecule has 0 saturated heterocycles. The van der Waals surface area contributed by atoms with E-state index in [4.69, 9.17) is 32.7 Å². The van der Waals surface area contributed by atoms with Crippen LogP contribution in [0.5, 0.6) is 11.5 Å². The Hall–Kier alpha value is -0.750. The minimum Gasteiger partial charge on any atom is -0.493 e. The SMILES string of the molecule is COc1cc(C=O)c(Br)c(Br)c1OCc1ccc(Cl)cc1Cl. The molecule has 2 rings (SSSR count). The van der Waals surface area contributed by atoms with Crippen LogP contribution in [0.1, 0.15) is 15.9 Å². The van der Waals surface area contributed by atoms with Gasteiger partial charge >= 0.3 is 0 Å². The molecule has 0 aliphatic carbocycles. The monoisotopic (exact) mass is 466 g/mol. The van der Waals surface area contributed by atoms with Crippen LogP contribution in [0.3, 0.4) is 0 Å². The van der Waals surface area contributed by atoms with Crippen molar-refractivity contribution in [3.8, 4) is 11.5 Å². The highest BCUT2D eigenvalue weighted by molar-refractivity contribution is 9.13. The minimum atomic E-state index is 0.234. The van der Waals surface area contributed by atoms with Gasteiger partial charge in [0.15, 0.2) is 17.8 Å². The Morgan fingerprint density at radius 3 is 2.50 bits per heavy atom. The molecule has 0 bridgehead atoms. The van der Waals surface area contributed by atoms with Crippen LogP contribution in [0.25, 0.3) is 0 Å². The number of hydrogen-bond donors (Lipinski definition) is 0. The predicted octanol–water partition coefficient (Wildman–Crippen LogP) is 5.92. The van der Waals surface area contributed by atoms with Crippen molar-refractivity contribution in [1.29, 1.82) is 0 Å². The quantitative estimate of drug-likeness (QED) is 0.511. The number of methoxy groups -OCH3 is 1. The Bertz CT molecular complexity index is 720. The summed E-state index contributed by atoms with van der Waals surface area (Å²) in [5.41, 5.74) is 1.25. The van der Waals surface area contributed by atoms with Gasteiger partial charge in [-0.2, -0.15) is 0 Å². The Morgan fingerprint density at radius 2 is 1.91 bits per heavy atom. The first kappa shape index (κ1) is 17.6. The van der Waals surface area contributed by atoms with Crippen molar-refractivity contribution in [2.45, 2.75) is 6.61 Å². The van der Waals surface area contributed by atoms with Crippen molar-refractivity contribution in [3.63, 3.8) is 0 Å². The Labute approximate surface area is 154 Å². The Morgan fingerprint density at radius 1 is 1.18 bits per heavy atom. The second-order valence-corrected chi connectivity index (χ2v) is 6.70. The Balaban J connectivity index is 2.33. The molecular weight excluding hydrogens is 459 g/mol. The van der Waals surface area contributed by atoms with Crippen LogP contribution in [0.2, 0.25) is 10.0 Å². The number of carbonyl (C=O) groups is 1. The van der Waals surface area contributed by atoms with Crippen molar-refractivity contribution >= 4 is 61.3 Å². The lowest BCUT2D eigenvalue weighted by Gasteiger charge is -2.15. The summed E-state index contributed by atoms with van der Waals surface area (Å²) in [7, 11) is 1.51. The van der Waals surface area contributed by atoms with Gasteiger partial charge in [0.1, 0.15) is 6.61 Å². The van der Waals surface area contributed by atoms with Gasteiger partial charge in [0, 0.05) is 25.6 Å². The van der Waals surface area contributed by atoms with Crippen LogP contribution in [-0.4, -0.2) is 13.4 Å². The highest BCUT2D eigenvalue weighted by Gasteiger charge is 2.17. The molecule has 0 unspecified atom stereocenters. The summed E-state index contributed by atoms with van der Waals surface area (Å²) in [5, 5.41) is 1.08. The van der Waals surface area contributed by atoms with Gasteiger partial charge in [-0.3, -0.25) is 4.79 Å². The molecule has 0 aromatic heterocycles. The number of rotatable bonds is 5. The number of hydrogen-bond acceptors (Lipinski definition) is 3. The summed E-state index contributed by atoms with van der Waals surface area (Å²) in [6.45, 7) is 0.234. The lowest BCUT2D eigenvalue weighted by molar-refractivity contribution is 0.112. The summed E-state index contributed by atoms with van der Waals surface area (Å²) in [6, 6.07) is 6.78. The molecule has 0 atom stereocenters. The van der Waals surface area contributed by atoms with Gasteiger partial charge in [-0.05, 0) is 50.1 Å². The summed E-state index contributed by atoms with van der Waals surface area (Å²) in [6.07, 6.45) is 0.733. The van der Waals surface area contributed by atoms with Gasteiger partial charge in [0.2, 0.25) is 0 Å². The van der Waals surface area contributed by atoms with Gasteiger partial charge in [-0.1, -0.05) is 29.3 Å². The molecule has 0 heterocycles. The van der Waals surface area contributed by atoms with Crippen molar-refractivity contribution in [2.24, 2.45) is 0 Å². The standard InChI is InChI=1S/C15H10Br2Cl2O3/c1-21-12-4-9(6-20)13(16)14(17)15(12)22-7-8-2-3-10(18)5-11(8)19/h2-6H,7H2,1H3. The maximum Gasteiger partial charge on any atom is 0.177 e. The van der Waals surface area contributed by atoms with E-state index in [9.17, 15) is 4.79 Å². The third kappa shape index (κ3) is 3.77. The van der Waals surface area contributed by atoms with Crippen LogP contribution < -0.4 is 9.47 Å². The maximum absolute atomic E-state index is 11.0. The molecule has 0 radical (unpaired) electrons. The normalized spacial score (nSPS) is 10.4. The smallest absolute Gasteiger partial charge is 0.177 e. The van der Waals surface area contributed by atoms with E-state index in [1.165, 1.54) is 7.11 Å². The number of carbonyl (C=O) groups excluding carboxylic acids is 1. The zero-order valence-electron chi connectivity index (χ0n) is 11.3. The van der Waals surface area contributed by atoms with Crippen molar-refractivity contribution in [2.75, 3.05) is 7.11 Å². The molecule has 0 saturated carbocycles. The fourth-order valence-electron chi connectivity index (χ4n) is 1.77. The van der Waals surface area contributed by atoms with Crippen LogP contribution in [0, 0.1) is 0 Å². The first-order valence-corrected chi connectivity index (χ1v) is 8.40. The summed E-state index contributed by atoms with van der Waals surface area (Å²) < 4.78 is 12.3. The van der Waals surface area contributed by atoms with Crippen LogP contribution in [0.4, 0.5) is 0 Å². The summed E-state index contributed by atoms with van der Waals surface area (Å²) in [4.78, 5) is 11.0. The first-order valence-electron chi connectivity index (χ1n) is 6.05. The van der Waals surface area contributed by atoms with E-state index in [1.807, 2.05) is 0 Å². The van der Waals surface area contributed by atoms with Gasteiger partial charge in [0.05, 0.1) is 11.6 Å². The molecule has 7 heteroatoms. The van der Waals surface area contributed by atoms with Gasteiger partial charge in [-0.25, -0.2) is 0 Å². The average Bonchev–Trinajstić information content (AvgIpc) is 2.50. The van der Waals surface area contributed by atoms with Crippen LogP contribution in [0.15, 0.2) is 33.2 Å². The molecule has 0 N–H and O–H groups in total. The second kappa shape index (κ2) is 7.68. The fraction of sp³-hybridized carbons (Fsp3) is 0.133. The number of aldehydes is 1. The zero-order chi connectivity index (χ0) is 16.3. The lowest BCUT2D eigenvalue weighted by Crippen LogP contribution is -2.01. The predicted molar refractivity (Wildman–Crippen MR) is 94.6 cm³/mol. The van der Waals surface area contributed by atoms with Gasteiger partial charge < -0.3 is 9.47 Å². The van der Waals surface area contributed by atoms with Gasteiger partial charge in [-0.15, -0.1) is 0 Å². The third-order valence-corrected chi connectivity index (χ3v) is 5.62. The van der Waals surface area contributed by atoms with E-state index >= 15 is 0 Å². The van der Waals surface area contributed by atoms with Crippen LogP contribution >= 0.6 is 55.1 Å². The van der Waals surface area contributed by atoms with E-state index in [0.29, 0.717) is 36.1 Å². The second-order valence-electron chi connectivity index (χ2n) is 4.27. The summed E-state index contributed by atoms with van der Waals surface area (Å²) in [5.74, 6) is 0.924. The largest absolute Gasteiger partial charge is 0.493 e. The molecule has 2 aromatic carbocycles. The van der Waals surface area contributed by atoms with E-state index in [-0.39, 0.29) is 6.61 Å². The lowest BCUT2D eigenvalue weighted by atomic mass is 10.2. The molecule has 0 spiro atoms. The van der Waals surface area contributed by atoms with E-state index in [0.717, 1.165) is 11.8 Å². The van der Waals surface area contributed by atoms with Crippen LogP contribution in [-0.2, 0) is 6.61 Å². The molecule has 2 aromatic rings. The highest BCUT2D eigenvalue weighted by Crippen LogP contribution is 2.42. The number of ether oxygens (including phenoxy) is 2. The number of halogens is 4. The van der Waals surface area contributed by atoms with Crippen molar-refractivity contribution in [1.82, 2.24) is 0 Å².